The van der Waals surface area contributed by atoms with Crippen molar-refractivity contribution in [2.24, 2.45) is 5.73 Å². The predicted molar refractivity (Wildman–Crippen MR) is 56.3 cm³/mol. The lowest BCUT2D eigenvalue weighted by Crippen LogP contribution is -2.13. The molecule has 86 valence electrons. The summed E-state index contributed by atoms with van der Waals surface area (Å²) in [5.74, 6) is 0.849. The van der Waals surface area contributed by atoms with Crippen molar-refractivity contribution in [3.63, 3.8) is 0 Å². The number of ether oxygens (including phenoxy) is 1. The van der Waals surface area contributed by atoms with E-state index in [0.717, 1.165) is 31.8 Å². The lowest BCUT2D eigenvalue weighted by Gasteiger charge is -2.07. The van der Waals surface area contributed by atoms with Gasteiger partial charge in [-0.2, -0.15) is 0 Å². The molecule has 0 saturated carbocycles. The van der Waals surface area contributed by atoms with Gasteiger partial charge in [0.2, 0.25) is 0 Å². The van der Waals surface area contributed by atoms with Gasteiger partial charge in [-0.1, -0.05) is 0 Å². The van der Waals surface area contributed by atoms with E-state index in [1.807, 2.05) is 13.8 Å². The maximum Gasteiger partial charge on any atom is 0.152 e. The minimum atomic E-state index is 0.280. The third kappa shape index (κ3) is 4.35. The molecular formula is C9H19N5O. The molecule has 1 aromatic rings. The van der Waals surface area contributed by atoms with Gasteiger partial charge in [0.05, 0.1) is 6.10 Å². The molecule has 0 aliphatic rings. The monoisotopic (exact) mass is 213 g/mol. The summed E-state index contributed by atoms with van der Waals surface area (Å²) in [5, 5.41) is 11.4. The number of rotatable bonds is 7. The lowest BCUT2D eigenvalue weighted by atomic mass is 10.4. The van der Waals surface area contributed by atoms with Crippen molar-refractivity contribution in [1.29, 1.82) is 0 Å². The Bertz CT molecular complexity index is 273. The first-order chi connectivity index (χ1) is 7.24. The van der Waals surface area contributed by atoms with Crippen LogP contribution in [0.2, 0.25) is 0 Å². The van der Waals surface area contributed by atoms with Crippen molar-refractivity contribution in [2.75, 3.05) is 13.2 Å². The molecule has 0 bridgehead atoms. The van der Waals surface area contributed by atoms with E-state index < -0.39 is 0 Å². The number of aromatic nitrogens is 4. The van der Waals surface area contributed by atoms with Gasteiger partial charge in [-0.05, 0) is 37.2 Å². The molecule has 0 spiro atoms. The van der Waals surface area contributed by atoms with Crippen LogP contribution in [0.15, 0.2) is 0 Å². The van der Waals surface area contributed by atoms with Gasteiger partial charge >= 0.3 is 0 Å². The normalized spacial score (nSPS) is 11.2. The number of nitrogens with zero attached hydrogens (tertiary/aromatic N) is 4. The van der Waals surface area contributed by atoms with Crippen molar-refractivity contribution >= 4 is 0 Å². The Hall–Kier alpha value is -1.01. The minimum Gasteiger partial charge on any atom is -0.379 e. The SMILES string of the molecule is CC(C)OCCCn1nnnc1CCN. The van der Waals surface area contributed by atoms with Crippen LogP contribution in [0.5, 0.6) is 0 Å². The van der Waals surface area contributed by atoms with Gasteiger partial charge in [0.1, 0.15) is 0 Å². The molecule has 6 heteroatoms. The first-order valence-corrected chi connectivity index (χ1v) is 5.30. The Morgan fingerprint density at radius 2 is 2.27 bits per heavy atom. The highest BCUT2D eigenvalue weighted by Crippen LogP contribution is 1.97. The van der Waals surface area contributed by atoms with E-state index in [2.05, 4.69) is 15.5 Å². The van der Waals surface area contributed by atoms with Gasteiger partial charge in [0.15, 0.2) is 5.82 Å². The van der Waals surface area contributed by atoms with Crippen LogP contribution in [0.25, 0.3) is 0 Å². The quantitative estimate of drug-likeness (QED) is 0.644. The molecule has 0 aromatic carbocycles. The molecule has 0 unspecified atom stereocenters. The maximum atomic E-state index is 5.45. The first-order valence-electron chi connectivity index (χ1n) is 5.30. The Morgan fingerprint density at radius 3 is 2.93 bits per heavy atom. The van der Waals surface area contributed by atoms with E-state index in [1.165, 1.54) is 0 Å². The Kier molecular flexibility index (Phi) is 5.20. The van der Waals surface area contributed by atoms with E-state index in [1.54, 1.807) is 4.68 Å². The summed E-state index contributed by atoms with van der Waals surface area (Å²) < 4.78 is 7.22. The third-order valence-corrected chi connectivity index (χ3v) is 1.94. The van der Waals surface area contributed by atoms with Crippen LogP contribution in [0.1, 0.15) is 26.1 Å². The number of hydrogen-bond acceptors (Lipinski definition) is 5. The molecule has 0 amide bonds. The van der Waals surface area contributed by atoms with E-state index >= 15 is 0 Å². The summed E-state index contributed by atoms with van der Waals surface area (Å²) >= 11 is 0. The number of tetrazole rings is 1. The van der Waals surface area contributed by atoms with Gasteiger partial charge < -0.3 is 10.5 Å². The Morgan fingerprint density at radius 1 is 1.47 bits per heavy atom. The van der Waals surface area contributed by atoms with Crippen LogP contribution < -0.4 is 5.73 Å². The van der Waals surface area contributed by atoms with Crippen LogP contribution in [0, 0.1) is 0 Å². The van der Waals surface area contributed by atoms with Crippen LogP contribution in [0.3, 0.4) is 0 Å². The van der Waals surface area contributed by atoms with Crippen LogP contribution in [-0.2, 0) is 17.7 Å². The average molecular weight is 213 g/mol. The van der Waals surface area contributed by atoms with Crippen LogP contribution in [0.4, 0.5) is 0 Å². The number of aryl methyl sites for hydroxylation is 1. The first kappa shape index (κ1) is 12.1. The smallest absolute Gasteiger partial charge is 0.152 e. The molecule has 0 radical (unpaired) electrons. The van der Waals surface area contributed by atoms with Crippen LogP contribution >= 0.6 is 0 Å². The second-order valence-electron chi connectivity index (χ2n) is 3.63. The molecule has 1 aromatic heterocycles. The summed E-state index contributed by atoms with van der Waals surface area (Å²) in [6, 6.07) is 0. The van der Waals surface area contributed by atoms with Gasteiger partial charge in [-0.25, -0.2) is 4.68 Å². The molecule has 0 aliphatic heterocycles. The maximum absolute atomic E-state index is 5.45. The topological polar surface area (TPSA) is 78.8 Å². The molecule has 1 rings (SSSR count). The molecule has 0 saturated heterocycles. The van der Waals surface area contributed by atoms with E-state index in [4.69, 9.17) is 10.5 Å². The summed E-state index contributed by atoms with van der Waals surface area (Å²) in [7, 11) is 0. The summed E-state index contributed by atoms with van der Waals surface area (Å²) in [6.07, 6.45) is 1.92. The van der Waals surface area contributed by atoms with Gasteiger partial charge in [0.25, 0.3) is 0 Å². The fraction of sp³-hybridized carbons (Fsp3) is 0.889. The van der Waals surface area contributed by atoms with Crippen molar-refractivity contribution in [3.05, 3.63) is 5.82 Å². The van der Waals surface area contributed by atoms with E-state index in [-0.39, 0.29) is 6.10 Å². The highest BCUT2D eigenvalue weighted by molar-refractivity contribution is 4.80. The number of hydrogen-bond donors (Lipinski definition) is 1. The molecule has 1 heterocycles. The van der Waals surface area contributed by atoms with Crippen molar-refractivity contribution in [1.82, 2.24) is 20.2 Å². The second-order valence-corrected chi connectivity index (χ2v) is 3.63. The molecule has 6 nitrogen and oxygen atoms in total. The molecule has 15 heavy (non-hydrogen) atoms. The highest BCUT2D eigenvalue weighted by Gasteiger charge is 2.04. The van der Waals surface area contributed by atoms with Gasteiger partial charge in [0, 0.05) is 19.6 Å². The molecule has 0 atom stereocenters. The molecule has 0 fully saturated rings. The Labute approximate surface area is 89.8 Å². The molecular weight excluding hydrogens is 194 g/mol. The van der Waals surface area contributed by atoms with Crippen LogP contribution in [-0.4, -0.2) is 39.5 Å². The van der Waals surface area contributed by atoms with Gasteiger partial charge in [-0.15, -0.1) is 5.10 Å². The lowest BCUT2D eigenvalue weighted by molar-refractivity contribution is 0.0741. The zero-order valence-electron chi connectivity index (χ0n) is 9.39. The highest BCUT2D eigenvalue weighted by atomic mass is 16.5. The third-order valence-electron chi connectivity index (χ3n) is 1.94. The van der Waals surface area contributed by atoms with Crippen molar-refractivity contribution in [2.45, 2.75) is 39.3 Å². The predicted octanol–water partition coefficient (Wildman–Crippen LogP) is -0.0106. The zero-order chi connectivity index (χ0) is 11.1. The fourth-order valence-corrected chi connectivity index (χ4v) is 1.24. The standard InChI is InChI=1S/C9H19N5O/c1-8(2)15-7-3-6-14-9(4-5-10)11-12-13-14/h8H,3-7,10H2,1-2H3. The zero-order valence-corrected chi connectivity index (χ0v) is 9.39. The summed E-state index contributed by atoms with van der Waals surface area (Å²) in [6.45, 7) is 6.14. The summed E-state index contributed by atoms with van der Waals surface area (Å²) in [4.78, 5) is 0. The second kappa shape index (κ2) is 6.47. The molecule has 2 N–H and O–H groups in total. The molecule has 0 aliphatic carbocycles. The fourth-order valence-electron chi connectivity index (χ4n) is 1.24. The largest absolute Gasteiger partial charge is 0.379 e. The minimum absolute atomic E-state index is 0.280. The van der Waals surface area contributed by atoms with E-state index in [0.29, 0.717) is 6.54 Å². The Balaban J connectivity index is 2.27. The number of nitrogens with two attached hydrogens (primary N) is 1. The summed E-state index contributed by atoms with van der Waals surface area (Å²) in [5.41, 5.74) is 5.45. The van der Waals surface area contributed by atoms with Gasteiger partial charge in [-0.3, -0.25) is 0 Å². The van der Waals surface area contributed by atoms with Crippen molar-refractivity contribution < 1.29 is 4.74 Å². The van der Waals surface area contributed by atoms with Crippen molar-refractivity contribution in [3.8, 4) is 0 Å². The van der Waals surface area contributed by atoms with E-state index in [9.17, 15) is 0 Å². The average Bonchev–Trinajstić information content (AvgIpc) is 2.61.